The zero-order valence-electron chi connectivity index (χ0n) is 7.80. The molecule has 0 bridgehead atoms. The molecule has 12 heavy (non-hydrogen) atoms. The van der Waals surface area contributed by atoms with Crippen LogP contribution >= 0.6 is 0 Å². The van der Waals surface area contributed by atoms with Gasteiger partial charge in [0.25, 0.3) is 0 Å². The van der Waals surface area contributed by atoms with Crippen molar-refractivity contribution in [2.75, 3.05) is 13.2 Å². The average molecular weight is 171 g/mol. The first-order valence-electron chi connectivity index (χ1n) is 4.68. The van der Waals surface area contributed by atoms with E-state index in [9.17, 15) is 4.79 Å². The fourth-order valence-corrected chi connectivity index (χ4v) is 1.54. The molecule has 0 radical (unpaired) electrons. The molecule has 1 heterocycles. The van der Waals surface area contributed by atoms with Crippen LogP contribution in [0.3, 0.4) is 0 Å². The summed E-state index contributed by atoms with van der Waals surface area (Å²) in [6.45, 7) is 5.43. The van der Waals surface area contributed by atoms with Crippen molar-refractivity contribution < 1.29 is 9.53 Å². The molecule has 1 rings (SSSR count). The first-order chi connectivity index (χ1) is 5.77. The van der Waals surface area contributed by atoms with Gasteiger partial charge in [0.1, 0.15) is 6.04 Å². The molecule has 0 unspecified atom stereocenters. The molecule has 0 aromatic carbocycles. The number of ether oxygens (including phenoxy) is 1. The summed E-state index contributed by atoms with van der Waals surface area (Å²) in [7, 11) is 0. The Hall–Kier alpha value is -0.570. The van der Waals surface area contributed by atoms with Gasteiger partial charge < -0.3 is 10.1 Å². The minimum Gasteiger partial charge on any atom is -0.465 e. The van der Waals surface area contributed by atoms with E-state index < -0.39 is 0 Å². The molecule has 1 fully saturated rings. The first-order valence-corrected chi connectivity index (χ1v) is 4.68. The lowest BCUT2D eigenvalue weighted by molar-refractivity contribution is -0.145. The predicted octanol–water partition coefficient (Wildman–Crippen LogP) is 0.938. The second kappa shape index (κ2) is 4.45. The van der Waals surface area contributed by atoms with Crippen LogP contribution in [0.15, 0.2) is 0 Å². The maximum Gasteiger partial charge on any atom is 0.323 e. The van der Waals surface area contributed by atoms with Crippen molar-refractivity contribution in [3.63, 3.8) is 0 Å². The molecule has 0 aliphatic carbocycles. The number of nitrogens with one attached hydrogen (secondary N) is 1. The fraction of sp³-hybridized carbons (Fsp3) is 0.889. The molecule has 70 valence electrons. The summed E-state index contributed by atoms with van der Waals surface area (Å²) in [6.07, 6.45) is 2.08. The lowest BCUT2D eigenvalue weighted by Gasteiger charge is -2.08. The van der Waals surface area contributed by atoms with Gasteiger partial charge in [-0.05, 0) is 25.8 Å². The van der Waals surface area contributed by atoms with Crippen LogP contribution < -0.4 is 5.32 Å². The normalized spacial score (nSPS) is 28.8. The van der Waals surface area contributed by atoms with E-state index >= 15 is 0 Å². The van der Waals surface area contributed by atoms with Gasteiger partial charge in [-0.2, -0.15) is 0 Å². The van der Waals surface area contributed by atoms with Crippen LogP contribution in [0.25, 0.3) is 0 Å². The topological polar surface area (TPSA) is 38.3 Å². The highest BCUT2D eigenvalue weighted by atomic mass is 16.5. The van der Waals surface area contributed by atoms with E-state index in [0.29, 0.717) is 12.5 Å². The van der Waals surface area contributed by atoms with Crippen molar-refractivity contribution in [3.8, 4) is 0 Å². The van der Waals surface area contributed by atoms with Crippen molar-refractivity contribution in [1.29, 1.82) is 0 Å². The molecule has 0 spiro atoms. The van der Waals surface area contributed by atoms with Crippen molar-refractivity contribution in [1.82, 2.24) is 5.32 Å². The number of hydrogen-bond donors (Lipinski definition) is 1. The van der Waals surface area contributed by atoms with E-state index in [4.69, 9.17) is 4.74 Å². The van der Waals surface area contributed by atoms with Gasteiger partial charge in [-0.15, -0.1) is 0 Å². The molecular formula is C9H17NO2. The maximum atomic E-state index is 11.2. The summed E-state index contributed by atoms with van der Waals surface area (Å²) in [5.41, 5.74) is 0. The summed E-state index contributed by atoms with van der Waals surface area (Å²) >= 11 is 0. The minimum atomic E-state index is -0.0894. The molecule has 1 aliphatic heterocycles. The zero-order valence-corrected chi connectivity index (χ0v) is 7.80. The van der Waals surface area contributed by atoms with E-state index in [-0.39, 0.29) is 12.0 Å². The highest BCUT2D eigenvalue weighted by Gasteiger charge is 2.28. The summed E-state index contributed by atoms with van der Waals surface area (Å²) in [5, 5.41) is 3.17. The highest BCUT2D eigenvalue weighted by molar-refractivity contribution is 5.76. The van der Waals surface area contributed by atoms with Crippen molar-refractivity contribution in [2.45, 2.75) is 32.7 Å². The summed E-state index contributed by atoms with van der Waals surface area (Å²) in [4.78, 5) is 11.2. The van der Waals surface area contributed by atoms with Crippen LogP contribution in [-0.2, 0) is 9.53 Å². The number of carbonyl (C=O) groups excluding carboxylic acids is 1. The third kappa shape index (κ3) is 2.21. The number of carbonyl (C=O) groups is 1. The standard InChI is InChI=1S/C9H17NO2/c1-3-7-5-8(10-6-7)9(11)12-4-2/h7-8,10H,3-6H2,1-2H3/t7-,8+/m1/s1. The zero-order chi connectivity index (χ0) is 8.97. The lowest BCUT2D eigenvalue weighted by Crippen LogP contribution is -2.32. The van der Waals surface area contributed by atoms with Crippen LogP contribution in [-0.4, -0.2) is 25.2 Å². The molecule has 1 aliphatic rings. The van der Waals surface area contributed by atoms with Crippen LogP contribution in [0.2, 0.25) is 0 Å². The molecule has 2 atom stereocenters. The summed E-state index contributed by atoms with van der Waals surface area (Å²) in [5.74, 6) is 0.563. The van der Waals surface area contributed by atoms with Crippen LogP contribution in [0, 0.1) is 5.92 Å². The second-order valence-electron chi connectivity index (χ2n) is 3.22. The molecule has 3 nitrogen and oxygen atoms in total. The predicted molar refractivity (Wildman–Crippen MR) is 46.8 cm³/mol. The third-order valence-corrected chi connectivity index (χ3v) is 2.37. The number of rotatable bonds is 3. The summed E-state index contributed by atoms with van der Waals surface area (Å²) < 4.78 is 4.92. The molecular weight excluding hydrogens is 154 g/mol. The van der Waals surface area contributed by atoms with Gasteiger partial charge in [0.05, 0.1) is 6.61 Å². The second-order valence-corrected chi connectivity index (χ2v) is 3.22. The van der Waals surface area contributed by atoms with Crippen LogP contribution in [0.5, 0.6) is 0 Å². The lowest BCUT2D eigenvalue weighted by atomic mass is 10.0. The monoisotopic (exact) mass is 171 g/mol. The van der Waals surface area contributed by atoms with Gasteiger partial charge in [0, 0.05) is 0 Å². The summed E-state index contributed by atoms with van der Waals surface area (Å²) in [6, 6.07) is -0.0464. The first kappa shape index (κ1) is 9.52. The van der Waals surface area contributed by atoms with E-state index in [1.165, 1.54) is 0 Å². The SMILES string of the molecule is CCOC(=O)[C@@H]1C[C@@H](CC)CN1. The van der Waals surface area contributed by atoms with Gasteiger partial charge >= 0.3 is 5.97 Å². The van der Waals surface area contributed by atoms with Gasteiger partial charge in [-0.25, -0.2) is 0 Å². The molecule has 0 aromatic rings. The Morgan fingerprint density at radius 1 is 1.58 bits per heavy atom. The van der Waals surface area contributed by atoms with Crippen molar-refractivity contribution >= 4 is 5.97 Å². The fourth-order valence-electron chi connectivity index (χ4n) is 1.54. The largest absolute Gasteiger partial charge is 0.465 e. The number of esters is 1. The van der Waals surface area contributed by atoms with Crippen molar-refractivity contribution in [2.24, 2.45) is 5.92 Å². The minimum absolute atomic E-state index is 0.0464. The van der Waals surface area contributed by atoms with E-state index in [1.807, 2.05) is 6.92 Å². The Labute approximate surface area is 73.5 Å². The maximum absolute atomic E-state index is 11.2. The molecule has 1 N–H and O–H groups in total. The molecule has 0 aromatic heterocycles. The quantitative estimate of drug-likeness (QED) is 0.642. The molecule has 0 saturated carbocycles. The van der Waals surface area contributed by atoms with Gasteiger partial charge in [-0.1, -0.05) is 13.3 Å². The average Bonchev–Trinajstić information content (AvgIpc) is 2.52. The Morgan fingerprint density at radius 3 is 2.83 bits per heavy atom. The molecule has 3 heteroatoms. The van der Waals surface area contributed by atoms with Crippen LogP contribution in [0.1, 0.15) is 26.7 Å². The molecule has 0 amide bonds. The Morgan fingerprint density at radius 2 is 2.33 bits per heavy atom. The van der Waals surface area contributed by atoms with E-state index in [0.717, 1.165) is 19.4 Å². The Kier molecular flexibility index (Phi) is 3.53. The van der Waals surface area contributed by atoms with Crippen LogP contribution in [0.4, 0.5) is 0 Å². The Balaban J connectivity index is 2.31. The number of hydrogen-bond acceptors (Lipinski definition) is 3. The van der Waals surface area contributed by atoms with E-state index in [1.54, 1.807) is 0 Å². The molecule has 1 saturated heterocycles. The van der Waals surface area contributed by atoms with Gasteiger partial charge in [0.2, 0.25) is 0 Å². The van der Waals surface area contributed by atoms with Gasteiger partial charge in [0.15, 0.2) is 0 Å². The van der Waals surface area contributed by atoms with Gasteiger partial charge in [-0.3, -0.25) is 4.79 Å². The van der Waals surface area contributed by atoms with E-state index in [2.05, 4.69) is 12.2 Å². The highest BCUT2D eigenvalue weighted by Crippen LogP contribution is 2.17. The third-order valence-electron chi connectivity index (χ3n) is 2.37. The Bertz CT molecular complexity index is 159. The smallest absolute Gasteiger partial charge is 0.323 e. The van der Waals surface area contributed by atoms with Crippen molar-refractivity contribution in [3.05, 3.63) is 0 Å².